The molecule has 2 aromatic carbocycles. The second-order valence-corrected chi connectivity index (χ2v) is 6.45. The van der Waals surface area contributed by atoms with E-state index in [9.17, 15) is 4.79 Å². The van der Waals surface area contributed by atoms with E-state index in [4.69, 9.17) is 16.3 Å². The highest BCUT2D eigenvalue weighted by Crippen LogP contribution is 2.32. The molecule has 0 bridgehead atoms. The maximum absolute atomic E-state index is 12.3. The third kappa shape index (κ3) is 3.49. The van der Waals surface area contributed by atoms with Gasteiger partial charge in [-0.1, -0.05) is 29.8 Å². The first-order chi connectivity index (χ1) is 11.6. The molecule has 0 aliphatic carbocycles. The molecule has 1 unspecified atom stereocenters. The van der Waals surface area contributed by atoms with Gasteiger partial charge in [-0.2, -0.15) is 0 Å². The molecular formula is C19H21ClN2O2. The van der Waals surface area contributed by atoms with Crippen LogP contribution < -0.4 is 15.0 Å². The van der Waals surface area contributed by atoms with Crippen molar-refractivity contribution < 1.29 is 9.53 Å². The number of halogens is 1. The summed E-state index contributed by atoms with van der Waals surface area (Å²) in [5.74, 6) is 0.555. The number of hydrogen-bond donors (Lipinski definition) is 1. The van der Waals surface area contributed by atoms with Crippen molar-refractivity contribution in [2.75, 3.05) is 23.9 Å². The van der Waals surface area contributed by atoms with Gasteiger partial charge in [0.15, 0.2) is 0 Å². The molecule has 0 saturated carbocycles. The van der Waals surface area contributed by atoms with Gasteiger partial charge in [-0.15, -0.1) is 0 Å². The predicted octanol–water partition coefficient (Wildman–Crippen LogP) is 4.13. The number of benzene rings is 2. The van der Waals surface area contributed by atoms with Crippen LogP contribution in [0.3, 0.4) is 0 Å². The number of anilines is 2. The number of nitrogens with one attached hydrogen (secondary N) is 1. The molecule has 3 rings (SSSR count). The summed E-state index contributed by atoms with van der Waals surface area (Å²) in [6.45, 7) is 2.88. The Bertz CT molecular complexity index is 748. The summed E-state index contributed by atoms with van der Waals surface area (Å²) < 4.78 is 5.26. The van der Waals surface area contributed by atoms with Crippen molar-refractivity contribution in [1.29, 1.82) is 0 Å². The number of carbonyl (C=O) groups is 1. The van der Waals surface area contributed by atoms with Gasteiger partial charge in [0, 0.05) is 29.7 Å². The van der Waals surface area contributed by atoms with Crippen LogP contribution in [0.1, 0.15) is 18.9 Å². The molecule has 126 valence electrons. The van der Waals surface area contributed by atoms with Crippen molar-refractivity contribution in [3.8, 4) is 5.75 Å². The van der Waals surface area contributed by atoms with Crippen molar-refractivity contribution in [3.63, 3.8) is 0 Å². The number of nitrogens with zero attached hydrogens (tertiary/aromatic N) is 1. The van der Waals surface area contributed by atoms with E-state index >= 15 is 0 Å². The number of para-hydroxylation sites is 1. The zero-order chi connectivity index (χ0) is 17.1. The lowest BCUT2D eigenvalue weighted by Gasteiger charge is -2.24. The van der Waals surface area contributed by atoms with Crippen LogP contribution in [-0.4, -0.2) is 25.6 Å². The SMILES string of the molecule is COc1ccc(Cl)cc1NC(=O)CCN1c2ccccc2CC1C. The Morgan fingerprint density at radius 1 is 1.33 bits per heavy atom. The topological polar surface area (TPSA) is 41.6 Å². The van der Waals surface area contributed by atoms with Gasteiger partial charge < -0.3 is 15.0 Å². The van der Waals surface area contributed by atoms with E-state index in [0.29, 0.717) is 35.5 Å². The smallest absolute Gasteiger partial charge is 0.226 e. The molecule has 0 saturated heterocycles. The molecule has 1 atom stereocenters. The highest BCUT2D eigenvalue weighted by Gasteiger charge is 2.25. The Kier molecular flexibility index (Phi) is 4.95. The third-order valence-electron chi connectivity index (χ3n) is 4.36. The number of amides is 1. The van der Waals surface area contributed by atoms with Crippen LogP contribution in [0.2, 0.25) is 5.02 Å². The monoisotopic (exact) mass is 344 g/mol. The van der Waals surface area contributed by atoms with Crippen LogP contribution in [0, 0.1) is 0 Å². The maximum atomic E-state index is 12.3. The van der Waals surface area contributed by atoms with Gasteiger partial charge in [0.25, 0.3) is 0 Å². The molecular weight excluding hydrogens is 324 g/mol. The van der Waals surface area contributed by atoms with Crippen molar-refractivity contribution in [2.24, 2.45) is 0 Å². The van der Waals surface area contributed by atoms with Gasteiger partial charge in [-0.25, -0.2) is 0 Å². The quantitative estimate of drug-likeness (QED) is 0.886. The van der Waals surface area contributed by atoms with Crippen LogP contribution in [0.4, 0.5) is 11.4 Å². The highest BCUT2D eigenvalue weighted by atomic mass is 35.5. The van der Waals surface area contributed by atoms with E-state index in [0.717, 1.165) is 6.42 Å². The second-order valence-electron chi connectivity index (χ2n) is 6.02. The van der Waals surface area contributed by atoms with Gasteiger partial charge in [0.1, 0.15) is 5.75 Å². The van der Waals surface area contributed by atoms with Crippen molar-refractivity contribution >= 4 is 28.9 Å². The second kappa shape index (κ2) is 7.14. The lowest BCUT2D eigenvalue weighted by atomic mass is 10.1. The van der Waals surface area contributed by atoms with Gasteiger partial charge in [-0.3, -0.25) is 4.79 Å². The molecule has 24 heavy (non-hydrogen) atoms. The number of carbonyl (C=O) groups excluding carboxylic acids is 1. The first kappa shape index (κ1) is 16.7. The van der Waals surface area contributed by atoms with Crippen LogP contribution in [0.15, 0.2) is 42.5 Å². The summed E-state index contributed by atoms with van der Waals surface area (Å²) >= 11 is 6.00. The molecule has 0 aromatic heterocycles. The van der Waals surface area contributed by atoms with Gasteiger partial charge in [-0.05, 0) is 43.2 Å². The summed E-state index contributed by atoms with van der Waals surface area (Å²) in [4.78, 5) is 14.6. The molecule has 0 fully saturated rings. The fraction of sp³-hybridized carbons (Fsp3) is 0.316. The van der Waals surface area contributed by atoms with E-state index in [1.807, 2.05) is 6.07 Å². The molecule has 1 heterocycles. The third-order valence-corrected chi connectivity index (χ3v) is 4.60. The molecule has 2 aromatic rings. The van der Waals surface area contributed by atoms with Gasteiger partial charge >= 0.3 is 0 Å². The fourth-order valence-electron chi connectivity index (χ4n) is 3.18. The first-order valence-electron chi connectivity index (χ1n) is 8.06. The fourth-order valence-corrected chi connectivity index (χ4v) is 3.36. The predicted molar refractivity (Wildman–Crippen MR) is 98.2 cm³/mol. The summed E-state index contributed by atoms with van der Waals surface area (Å²) in [7, 11) is 1.57. The average Bonchev–Trinajstić information content (AvgIpc) is 2.88. The summed E-state index contributed by atoms with van der Waals surface area (Å²) in [5, 5.41) is 3.45. The van der Waals surface area contributed by atoms with E-state index < -0.39 is 0 Å². The minimum absolute atomic E-state index is 0.0489. The zero-order valence-corrected chi connectivity index (χ0v) is 14.6. The molecule has 0 spiro atoms. The molecule has 4 nitrogen and oxygen atoms in total. The van der Waals surface area contributed by atoms with Gasteiger partial charge in [0.05, 0.1) is 12.8 Å². The minimum atomic E-state index is -0.0489. The Labute approximate surface area is 147 Å². The molecule has 1 amide bonds. The molecule has 1 aliphatic rings. The normalized spacial score (nSPS) is 16.0. The van der Waals surface area contributed by atoms with E-state index in [2.05, 4.69) is 35.3 Å². The van der Waals surface area contributed by atoms with Crippen molar-refractivity contribution in [2.45, 2.75) is 25.8 Å². The molecule has 5 heteroatoms. The van der Waals surface area contributed by atoms with Crippen molar-refractivity contribution in [1.82, 2.24) is 0 Å². The lowest BCUT2D eigenvalue weighted by molar-refractivity contribution is -0.116. The van der Waals surface area contributed by atoms with E-state index in [1.54, 1.807) is 25.3 Å². The van der Waals surface area contributed by atoms with Crippen LogP contribution in [0.5, 0.6) is 5.75 Å². The lowest BCUT2D eigenvalue weighted by Crippen LogP contribution is -2.32. The number of ether oxygens (including phenoxy) is 1. The molecule has 1 aliphatic heterocycles. The van der Waals surface area contributed by atoms with E-state index in [1.165, 1.54) is 11.3 Å². The Balaban J connectivity index is 1.63. The summed E-state index contributed by atoms with van der Waals surface area (Å²) in [6.07, 6.45) is 1.44. The number of methoxy groups -OCH3 is 1. The maximum Gasteiger partial charge on any atom is 0.226 e. The standard InChI is InChI=1S/C19H21ClN2O2/c1-13-11-14-5-3-4-6-17(14)22(13)10-9-19(23)21-16-12-15(20)7-8-18(16)24-2/h3-8,12-13H,9-11H2,1-2H3,(H,21,23). The Morgan fingerprint density at radius 3 is 2.92 bits per heavy atom. The molecule has 0 radical (unpaired) electrons. The Morgan fingerprint density at radius 2 is 2.12 bits per heavy atom. The number of rotatable bonds is 5. The number of fused-ring (bicyclic) bond motifs is 1. The Hall–Kier alpha value is -2.20. The first-order valence-corrected chi connectivity index (χ1v) is 8.44. The average molecular weight is 345 g/mol. The largest absolute Gasteiger partial charge is 0.495 e. The zero-order valence-electron chi connectivity index (χ0n) is 13.9. The van der Waals surface area contributed by atoms with Crippen LogP contribution >= 0.6 is 11.6 Å². The molecule has 1 N–H and O–H groups in total. The highest BCUT2D eigenvalue weighted by molar-refractivity contribution is 6.31. The minimum Gasteiger partial charge on any atom is -0.495 e. The van der Waals surface area contributed by atoms with Crippen molar-refractivity contribution in [3.05, 3.63) is 53.1 Å². The van der Waals surface area contributed by atoms with Crippen LogP contribution in [0.25, 0.3) is 0 Å². The summed E-state index contributed by atoms with van der Waals surface area (Å²) in [6, 6.07) is 14.0. The van der Waals surface area contributed by atoms with Crippen LogP contribution in [-0.2, 0) is 11.2 Å². The summed E-state index contributed by atoms with van der Waals surface area (Å²) in [5.41, 5.74) is 3.19. The van der Waals surface area contributed by atoms with E-state index in [-0.39, 0.29) is 5.91 Å². The number of hydrogen-bond acceptors (Lipinski definition) is 3. The van der Waals surface area contributed by atoms with Gasteiger partial charge in [0.2, 0.25) is 5.91 Å².